The van der Waals surface area contributed by atoms with Gasteiger partial charge >= 0.3 is 0 Å². The second-order valence-corrected chi connectivity index (χ2v) is 3.52. The molecule has 3 heteroatoms. The van der Waals surface area contributed by atoms with Crippen LogP contribution in [0, 0.1) is 6.92 Å². The first kappa shape index (κ1) is 16.1. The molecule has 0 spiro atoms. The quantitative estimate of drug-likeness (QED) is 0.774. The average molecular weight is 239 g/mol. The van der Waals surface area contributed by atoms with Crippen molar-refractivity contribution in [1.29, 1.82) is 0 Å². The van der Waals surface area contributed by atoms with Gasteiger partial charge in [0.15, 0.2) is 6.29 Å². The van der Waals surface area contributed by atoms with Gasteiger partial charge in [0.1, 0.15) is 0 Å². The van der Waals surface area contributed by atoms with Crippen molar-refractivity contribution >= 4 is 0 Å². The van der Waals surface area contributed by atoms with Gasteiger partial charge in [0.25, 0.3) is 0 Å². The Morgan fingerprint density at radius 3 is 2.06 bits per heavy atom. The van der Waals surface area contributed by atoms with Gasteiger partial charge in [-0.25, -0.2) is 0 Å². The lowest BCUT2D eigenvalue weighted by molar-refractivity contribution is -0.0989. The van der Waals surface area contributed by atoms with E-state index in [4.69, 9.17) is 9.47 Å². The van der Waals surface area contributed by atoms with E-state index in [1.54, 1.807) is 14.2 Å². The molecule has 0 unspecified atom stereocenters. The van der Waals surface area contributed by atoms with Crippen molar-refractivity contribution in [2.24, 2.45) is 0 Å². The van der Waals surface area contributed by atoms with E-state index in [2.05, 4.69) is 36.5 Å². The van der Waals surface area contributed by atoms with Crippen molar-refractivity contribution in [2.45, 2.75) is 33.6 Å². The minimum atomic E-state index is -0.171. The maximum atomic E-state index is 5.07. The molecule has 0 radical (unpaired) electrons. The van der Waals surface area contributed by atoms with Crippen molar-refractivity contribution in [2.75, 3.05) is 20.8 Å². The molecule has 1 N–H and O–H groups in total. The van der Waals surface area contributed by atoms with E-state index in [-0.39, 0.29) is 6.29 Å². The molecular formula is C14H25NO2. The Balaban J connectivity index is 0.00000121. The predicted molar refractivity (Wildman–Crippen MR) is 72.0 cm³/mol. The van der Waals surface area contributed by atoms with Gasteiger partial charge in [0.05, 0.1) is 0 Å². The highest BCUT2D eigenvalue weighted by Gasteiger charge is 2.03. The molecule has 1 rings (SSSR count). The van der Waals surface area contributed by atoms with E-state index in [0.717, 1.165) is 6.54 Å². The Kier molecular flexibility index (Phi) is 9.72. The zero-order chi connectivity index (χ0) is 13.1. The molecule has 0 atom stereocenters. The molecule has 0 heterocycles. The highest BCUT2D eigenvalue weighted by Crippen LogP contribution is 2.02. The van der Waals surface area contributed by atoms with Crippen LogP contribution in [-0.4, -0.2) is 27.1 Å². The summed E-state index contributed by atoms with van der Waals surface area (Å²) in [4.78, 5) is 0. The van der Waals surface area contributed by atoms with Crippen LogP contribution in [0.2, 0.25) is 0 Å². The second kappa shape index (κ2) is 10.3. The number of ether oxygens (including phenoxy) is 2. The SMILES string of the molecule is CC.COC(CNCc1ccc(C)cc1)OC. The first-order valence-corrected chi connectivity index (χ1v) is 6.08. The highest BCUT2D eigenvalue weighted by atomic mass is 16.7. The third kappa shape index (κ3) is 7.10. The molecule has 3 nitrogen and oxygen atoms in total. The number of rotatable bonds is 6. The largest absolute Gasteiger partial charge is 0.355 e. The summed E-state index contributed by atoms with van der Waals surface area (Å²) in [7, 11) is 3.28. The van der Waals surface area contributed by atoms with Crippen LogP contribution < -0.4 is 5.32 Å². The Morgan fingerprint density at radius 2 is 1.59 bits per heavy atom. The normalized spacial score (nSPS) is 10.0. The number of methoxy groups -OCH3 is 2. The summed E-state index contributed by atoms with van der Waals surface area (Å²) in [6.07, 6.45) is -0.171. The fourth-order valence-electron chi connectivity index (χ4n) is 1.30. The molecule has 0 saturated carbocycles. The molecule has 0 amide bonds. The first-order valence-electron chi connectivity index (χ1n) is 6.08. The van der Waals surface area contributed by atoms with E-state index in [9.17, 15) is 0 Å². The molecule has 98 valence electrons. The van der Waals surface area contributed by atoms with Crippen LogP contribution in [0.5, 0.6) is 0 Å². The molecule has 0 aliphatic rings. The third-order valence-electron chi connectivity index (χ3n) is 2.29. The van der Waals surface area contributed by atoms with E-state index < -0.39 is 0 Å². The van der Waals surface area contributed by atoms with Crippen molar-refractivity contribution in [3.05, 3.63) is 35.4 Å². The summed E-state index contributed by atoms with van der Waals surface area (Å²) < 4.78 is 10.1. The van der Waals surface area contributed by atoms with E-state index in [0.29, 0.717) is 6.54 Å². The van der Waals surface area contributed by atoms with Crippen molar-refractivity contribution in [3.63, 3.8) is 0 Å². The standard InChI is InChI=1S/C12H19NO2.C2H6/c1-10-4-6-11(7-5-10)8-13-9-12(14-2)15-3;1-2/h4-7,12-13H,8-9H2,1-3H3;1-2H3. The lowest BCUT2D eigenvalue weighted by atomic mass is 10.1. The molecule has 0 aliphatic carbocycles. The van der Waals surface area contributed by atoms with Gasteiger partial charge in [0, 0.05) is 27.3 Å². The lowest BCUT2D eigenvalue weighted by Gasteiger charge is -2.14. The summed E-state index contributed by atoms with van der Waals surface area (Å²) >= 11 is 0. The van der Waals surface area contributed by atoms with Crippen molar-refractivity contribution in [3.8, 4) is 0 Å². The summed E-state index contributed by atoms with van der Waals surface area (Å²) in [5.41, 5.74) is 2.55. The molecular weight excluding hydrogens is 214 g/mol. The van der Waals surface area contributed by atoms with Gasteiger partial charge in [-0.15, -0.1) is 0 Å². The number of aryl methyl sites for hydroxylation is 1. The third-order valence-corrected chi connectivity index (χ3v) is 2.29. The minimum Gasteiger partial charge on any atom is -0.355 e. The van der Waals surface area contributed by atoms with Crippen LogP contribution in [0.1, 0.15) is 25.0 Å². The Labute approximate surface area is 105 Å². The molecule has 1 aromatic rings. The average Bonchev–Trinajstić information content (AvgIpc) is 2.39. The van der Waals surface area contributed by atoms with Crippen molar-refractivity contribution in [1.82, 2.24) is 5.32 Å². The van der Waals surface area contributed by atoms with Crippen LogP contribution in [0.4, 0.5) is 0 Å². The first-order chi connectivity index (χ1) is 8.26. The summed E-state index contributed by atoms with van der Waals surface area (Å²) in [6.45, 7) is 7.62. The monoisotopic (exact) mass is 239 g/mol. The molecule has 0 fully saturated rings. The van der Waals surface area contributed by atoms with Crippen LogP contribution in [0.25, 0.3) is 0 Å². The van der Waals surface area contributed by atoms with Gasteiger partial charge in [-0.05, 0) is 12.5 Å². The van der Waals surface area contributed by atoms with Gasteiger partial charge in [-0.2, -0.15) is 0 Å². The van der Waals surface area contributed by atoms with E-state index in [1.807, 2.05) is 13.8 Å². The number of hydrogen-bond donors (Lipinski definition) is 1. The molecule has 0 aliphatic heterocycles. The predicted octanol–water partition coefficient (Wildman–Crippen LogP) is 2.73. The van der Waals surface area contributed by atoms with Crippen LogP contribution >= 0.6 is 0 Å². The number of nitrogens with one attached hydrogen (secondary N) is 1. The Hall–Kier alpha value is -0.900. The Bertz CT molecular complexity index is 268. The van der Waals surface area contributed by atoms with Gasteiger partial charge < -0.3 is 14.8 Å². The number of benzene rings is 1. The maximum absolute atomic E-state index is 5.07. The molecule has 0 aromatic heterocycles. The molecule has 0 saturated heterocycles. The van der Waals surface area contributed by atoms with Gasteiger partial charge in [-0.3, -0.25) is 0 Å². The fourth-order valence-corrected chi connectivity index (χ4v) is 1.30. The summed E-state index contributed by atoms with van der Waals surface area (Å²) in [5.74, 6) is 0. The summed E-state index contributed by atoms with van der Waals surface area (Å²) in [6, 6.07) is 8.47. The topological polar surface area (TPSA) is 30.5 Å². The highest BCUT2D eigenvalue weighted by molar-refractivity contribution is 5.20. The van der Waals surface area contributed by atoms with Crippen LogP contribution in [0.15, 0.2) is 24.3 Å². The fraction of sp³-hybridized carbons (Fsp3) is 0.571. The van der Waals surface area contributed by atoms with E-state index in [1.165, 1.54) is 11.1 Å². The Morgan fingerprint density at radius 1 is 1.06 bits per heavy atom. The van der Waals surface area contributed by atoms with E-state index >= 15 is 0 Å². The van der Waals surface area contributed by atoms with Gasteiger partial charge in [0.2, 0.25) is 0 Å². The zero-order valence-corrected chi connectivity index (χ0v) is 11.6. The number of hydrogen-bond acceptors (Lipinski definition) is 3. The summed E-state index contributed by atoms with van der Waals surface area (Å²) in [5, 5.41) is 3.27. The van der Waals surface area contributed by atoms with Crippen LogP contribution in [-0.2, 0) is 16.0 Å². The lowest BCUT2D eigenvalue weighted by Crippen LogP contribution is -2.29. The second-order valence-electron chi connectivity index (χ2n) is 3.52. The molecule has 1 aromatic carbocycles. The molecule has 0 bridgehead atoms. The van der Waals surface area contributed by atoms with Crippen molar-refractivity contribution < 1.29 is 9.47 Å². The molecule has 17 heavy (non-hydrogen) atoms. The van der Waals surface area contributed by atoms with Crippen LogP contribution in [0.3, 0.4) is 0 Å². The minimum absolute atomic E-state index is 0.171. The zero-order valence-electron chi connectivity index (χ0n) is 11.6. The van der Waals surface area contributed by atoms with Gasteiger partial charge in [-0.1, -0.05) is 43.7 Å². The smallest absolute Gasteiger partial charge is 0.169 e. The maximum Gasteiger partial charge on any atom is 0.169 e.